The normalized spacial score (nSPS) is 16.1. The second kappa shape index (κ2) is 7.34. The first kappa shape index (κ1) is 17.0. The van der Waals surface area contributed by atoms with Crippen LogP contribution >= 0.6 is 0 Å². The number of aromatic nitrogens is 2. The second-order valence-corrected chi connectivity index (χ2v) is 7.15. The molecule has 0 radical (unpaired) electrons. The van der Waals surface area contributed by atoms with E-state index in [1.165, 1.54) is 37.9 Å². The van der Waals surface area contributed by atoms with E-state index < -0.39 is 5.97 Å². The van der Waals surface area contributed by atoms with Gasteiger partial charge in [-0.05, 0) is 44.6 Å². The van der Waals surface area contributed by atoms with E-state index >= 15 is 0 Å². The Morgan fingerprint density at radius 1 is 1.29 bits per heavy atom. The molecule has 5 nitrogen and oxygen atoms in total. The van der Waals surface area contributed by atoms with E-state index in [1.54, 1.807) is 0 Å². The number of carboxylic acid groups (broad SMARTS) is 1. The van der Waals surface area contributed by atoms with E-state index in [-0.39, 0.29) is 6.42 Å². The standard InChI is InChI=1S/C19H27N3O2/c1-21(2)10-11-22-17-9-8-14(13-18(23)24)12-16(17)20-19(22)15-6-4-3-5-7-15/h8-9,12,15H,3-7,10-11,13H2,1-2H3,(H,23,24). The maximum Gasteiger partial charge on any atom is 0.307 e. The van der Waals surface area contributed by atoms with E-state index in [2.05, 4.69) is 23.6 Å². The van der Waals surface area contributed by atoms with Crippen LogP contribution < -0.4 is 0 Å². The highest BCUT2D eigenvalue weighted by Gasteiger charge is 2.22. The first-order chi connectivity index (χ1) is 11.5. The molecule has 1 fully saturated rings. The van der Waals surface area contributed by atoms with Gasteiger partial charge in [0.2, 0.25) is 0 Å². The number of carbonyl (C=O) groups is 1. The fraction of sp³-hybridized carbons (Fsp3) is 0.579. The molecule has 0 spiro atoms. The molecule has 0 bridgehead atoms. The van der Waals surface area contributed by atoms with Crippen LogP contribution in [0.4, 0.5) is 0 Å². The lowest BCUT2D eigenvalue weighted by atomic mass is 9.88. The van der Waals surface area contributed by atoms with Gasteiger partial charge in [-0.15, -0.1) is 0 Å². The van der Waals surface area contributed by atoms with Crippen LogP contribution in [0.25, 0.3) is 11.0 Å². The minimum Gasteiger partial charge on any atom is -0.481 e. The van der Waals surface area contributed by atoms with Crippen molar-refractivity contribution in [3.8, 4) is 0 Å². The molecule has 1 aliphatic carbocycles. The third-order valence-electron chi connectivity index (χ3n) is 4.94. The van der Waals surface area contributed by atoms with Gasteiger partial charge in [-0.25, -0.2) is 4.98 Å². The summed E-state index contributed by atoms with van der Waals surface area (Å²) in [6.45, 7) is 1.90. The molecule has 1 heterocycles. The Labute approximate surface area is 143 Å². The SMILES string of the molecule is CN(C)CCn1c(C2CCCCC2)nc2cc(CC(=O)O)ccc21. The van der Waals surface area contributed by atoms with E-state index in [4.69, 9.17) is 10.1 Å². The predicted octanol–water partition coefficient (Wildman–Crippen LogP) is 3.27. The second-order valence-electron chi connectivity index (χ2n) is 7.15. The number of aliphatic carboxylic acids is 1. The maximum atomic E-state index is 11.0. The first-order valence-corrected chi connectivity index (χ1v) is 8.90. The number of nitrogens with zero attached hydrogens (tertiary/aromatic N) is 3. The first-order valence-electron chi connectivity index (χ1n) is 8.90. The highest BCUT2D eigenvalue weighted by molar-refractivity contribution is 5.79. The zero-order valence-corrected chi connectivity index (χ0v) is 14.7. The minimum absolute atomic E-state index is 0.0548. The summed E-state index contributed by atoms with van der Waals surface area (Å²) in [7, 11) is 4.18. The molecular formula is C19H27N3O2. The summed E-state index contributed by atoms with van der Waals surface area (Å²) in [4.78, 5) is 18.1. The maximum absolute atomic E-state index is 11.0. The smallest absolute Gasteiger partial charge is 0.307 e. The molecule has 0 atom stereocenters. The van der Waals surface area contributed by atoms with Gasteiger partial charge in [0.15, 0.2) is 0 Å². The highest BCUT2D eigenvalue weighted by atomic mass is 16.4. The lowest BCUT2D eigenvalue weighted by molar-refractivity contribution is -0.136. The molecule has 0 saturated heterocycles. The summed E-state index contributed by atoms with van der Waals surface area (Å²) in [5, 5.41) is 9.02. The van der Waals surface area contributed by atoms with Gasteiger partial charge in [0.1, 0.15) is 5.82 Å². The van der Waals surface area contributed by atoms with Crippen molar-refractivity contribution in [3.05, 3.63) is 29.6 Å². The molecule has 3 rings (SSSR count). The molecule has 130 valence electrons. The molecule has 1 aromatic carbocycles. The number of benzene rings is 1. The van der Waals surface area contributed by atoms with Crippen LogP contribution in [-0.2, 0) is 17.8 Å². The number of rotatable bonds is 6. The van der Waals surface area contributed by atoms with Gasteiger partial charge in [-0.2, -0.15) is 0 Å². The Balaban J connectivity index is 1.99. The van der Waals surface area contributed by atoms with Crippen molar-refractivity contribution in [2.75, 3.05) is 20.6 Å². The van der Waals surface area contributed by atoms with E-state index in [1.807, 2.05) is 18.2 Å². The van der Waals surface area contributed by atoms with Crippen molar-refractivity contribution >= 4 is 17.0 Å². The summed E-state index contributed by atoms with van der Waals surface area (Å²) in [5.74, 6) is 0.934. The molecule has 0 aliphatic heterocycles. The van der Waals surface area contributed by atoms with Crippen molar-refractivity contribution in [2.45, 2.75) is 51.0 Å². The van der Waals surface area contributed by atoms with Crippen molar-refractivity contribution in [1.29, 1.82) is 0 Å². The molecule has 1 aliphatic rings. The Hall–Kier alpha value is -1.88. The number of fused-ring (bicyclic) bond motifs is 1. The van der Waals surface area contributed by atoms with Gasteiger partial charge in [0.05, 0.1) is 17.5 Å². The minimum atomic E-state index is -0.797. The van der Waals surface area contributed by atoms with Gasteiger partial charge >= 0.3 is 5.97 Å². The largest absolute Gasteiger partial charge is 0.481 e. The summed E-state index contributed by atoms with van der Waals surface area (Å²) < 4.78 is 2.36. The topological polar surface area (TPSA) is 58.4 Å². The van der Waals surface area contributed by atoms with Crippen molar-refractivity contribution < 1.29 is 9.90 Å². The van der Waals surface area contributed by atoms with Crippen molar-refractivity contribution in [3.63, 3.8) is 0 Å². The number of carboxylic acids is 1. The number of hydrogen-bond acceptors (Lipinski definition) is 3. The number of likely N-dealkylation sites (N-methyl/N-ethyl adjacent to an activating group) is 1. The molecule has 1 saturated carbocycles. The fourth-order valence-corrected chi connectivity index (χ4v) is 3.69. The van der Waals surface area contributed by atoms with Gasteiger partial charge in [-0.3, -0.25) is 4.79 Å². The highest BCUT2D eigenvalue weighted by Crippen LogP contribution is 2.34. The number of hydrogen-bond donors (Lipinski definition) is 1. The fourth-order valence-electron chi connectivity index (χ4n) is 3.69. The molecule has 24 heavy (non-hydrogen) atoms. The van der Waals surface area contributed by atoms with E-state index in [9.17, 15) is 4.79 Å². The molecule has 0 unspecified atom stereocenters. The molecule has 1 N–H and O–H groups in total. The molecule has 5 heteroatoms. The van der Waals surface area contributed by atoms with Crippen LogP contribution in [0.15, 0.2) is 18.2 Å². The third kappa shape index (κ3) is 3.78. The zero-order valence-electron chi connectivity index (χ0n) is 14.7. The predicted molar refractivity (Wildman–Crippen MR) is 95.5 cm³/mol. The average molecular weight is 329 g/mol. The van der Waals surface area contributed by atoms with Crippen LogP contribution in [0.3, 0.4) is 0 Å². The lowest BCUT2D eigenvalue weighted by Gasteiger charge is -2.23. The van der Waals surface area contributed by atoms with Crippen LogP contribution in [0.1, 0.15) is 49.4 Å². The Bertz CT molecular complexity index is 715. The van der Waals surface area contributed by atoms with Gasteiger partial charge in [0, 0.05) is 19.0 Å². The van der Waals surface area contributed by atoms with E-state index in [0.29, 0.717) is 5.92 Å². The average Bonchev–Trinajstić information content (AvgIpc) is 2.91. The summed E-state index contributed by atoms with van der Waals surface area (Å²) in [5.41, 5.74) is 2.89. The summed E-state index contributed by atoms with van der Waals surface area (Å²) >= 11 is 0. The quantitative estimate of drug-likeness (QED) is 0.883. The van der Waals surface area contributed by atoms with Gasteiger partial charge in [0.25, 0.3) is 0 Å². The summed E-state index contributed by atoms with van der Waals surface area (Å²) in [6, 6.07) is 5.92. The van der Waals surface area contributed by atoms with Crippen molar-refractivity contribution in [1.82, 2.24) is 14.5 Å². The van der Waals surface area contributed by atoms with Crippen LogP contribution in [0, 0.1) is 0 Å². The monoisotopic (exact) mass is 329 g/mol. The van der Waals surface area contributed by atoms with Crippen molar-refractivity contribution in [2.24, 2.45) is 0 Å². The van der Waals surface area contributed by atoms with Gasteiger partial charge in [-0.1, -0.05) is 25.3 Å². The molecule has 2 aromatic rings. The number of imidazole rings is 1. The Kier molecular flexibility index (Phi) is 5.19. The van der Waals surface area contributed by atoms with E-state index in [0.717, 1.165) is 29.7 Å². The summed E-state index contributed by atoms with van der Waals surface area (Å²) in [6.07, 6.45) is 6.38. The van der Waals surface area contributed by atoms with Crippen LogP contribution in [-0.4, -0.2) is 46.2 Å². The zero-order chi connectivity index (χ0) is 17.1. The molecular weight excluding hydrogens is 302 g/mol. The molecule has 1 aromatic heterocycles. The third-order valence-corrected chi connectivity index (χ3v) is 4.94. The van der Waals surface area contributed by atoms with Crippen LogP contribution in [0.5, 0.6) is 0 Å². The van der Waals surface area contributed by atoms with Gasteiger partial charge < -0.3 is 14.6 Å². The Morgan fingerprint density at radius 3 is 2.71 bits per heavy atom. The Morgan fingerprint density at radius 2 is 2.04 bits per heavy atom. The van der Waals surface area contributed by atoms with Crippen LogP contribution in [0.2, 0.25) is 0 Å². The lowest BCUT2D eigenvalue weighted by Crippen LogP contribution is -2.21. The molecule has 0 amide bonds.